The number of carbonyl (C=O) groups is 1. The average Bonchev–Trinajstić information content (AvgIpc) is 2.66. The molecule has 25 heavy (non-hydrogen) atoms. The number of hydrogen-bond donors (Lipinski definition) is 1. The molecule has 0 atom stereocenters. The van der Waals surface area contributed by atoms with Crippen molar-refractivity contribution in [3.05, 3.63) is 70.8 Å². The quantitative estimate of drug-likeness (QED) is 0.748. The van der Waals surface area contributed by atoms with Gasteiger partial charge in [0.05, 0.1) is 24.3 Å². The normalized spacial score (nSPS) is 10.6. The van der Waals surface area contributed by atoms with Crippen LogP contribution in [-0.2, 0) is 17.9 Å². The van der Waals surface area contributed by atoms with Gasteiger partial charge in [0.2, 0.25) is 5.91 Å². The van der Waals surface area contributed by atoms with E-state index in [9.17, 15) is 9.59 Å². The lowest BCUT2D eigenvalue weighted by Crippen LogP contribution is -2.27. The molecule has 0 radical (unpaired) electrons. The third kappa shape index (κ3) is 4.03. The predicted octanol–water partition coefficient (Wildman–Crippen LogP) is 2.11. The van der Waals surface area contributed by atoms with Gasteiger partial charge in [-0.3, -0.25) is 14.2 Å². The Balaban J connectivity index is 1.57. The van der Waals surface area contributed by atoms with Gasteiger partial charge in [-0.15, -0.1) is 0 Å². The van der Waals surface area contributed by atoms with E-state index in [0.29, 0.717) is 24.0 Å². The van der Waals surface area contributed by atoms with Gasteiger partial charge in [0, 0.05) is 19.5 Å². The van der Waals surface area contributed by atoms with E-state index >= 15 is 0 Å². The Bertz CT molecular complexity index is 933. The summed E-state index contributed by atoms with van der Waals surface area (Å²) in [6.45, 7) is 0.735. The Morgan fingerprint density at radius 2 is 1.92 bits per heavy atom. The molecule has 0 unspecified atom stereocenters. The average molecular weight is 337 g/mol. The first-order valence-electron chi connectivity index (χ1n) is 8.01. The van der Waals surface area contributed by atoms with Gasteiger partial charge in [-0.25, -0.2) is 4.98 Å². The first-order valence-corrected chi connectivity index (χ1v) is 8.01. The van der Waals surface area contributed by atoms with E-state index < -0.39 is 0 Å². The minimum atomic E-state index is -0.131. The summed E-state index contributed by atoms with van der Waals surface area (Å²) in [6, 6.07) is 14.7. The first-order chi connectivity index (χ1) is 12.2. The Kier molecular flexibility index (Phi) is 5.09. The maximum atomic E-state index is 12.4. The highest BCUT2D eigenvalue weighted by atomic mass is 16.5. The molecule has 3 aromatic rings. The number of rotatable bonds is 6. The number of fused-ring (bicyclic) bond motifs is 1. The lowest BCUT2D eigenvalue weighted by atomic mass is 10.2. The van der Waals surface area contributed by atoms with Crippen molar-refractivity contribution < 1.29 is 9.53 Å². The molecule has 0 bridgehead atoms. The monoisotopic (exact) mass is 337 g/mol. The van der Waals surface area contributed by atoms with Crippen molar-refractivity contribution in [2.45, 2.75) is 19.5 Å². The van der Waals surface area contributed by atoms with E-state index in [4.69, 9.17) is 4.74 Å². The van der Waals surface area contributed by atoms with Crippen LogP contribution in [0.2, 0.25) is 0 Å². The third-order valence-corrected chi connectivity index (χ3v) is 3.96. The fourth-order valence-corrected chi connectivity index (χ4v) is 2.52. The second-order valence-electron chi connectivity index (χ2n) is 5.64. The van der Waals surface area contributed by atoms with E-state index in [1.54, 1.807) is 25.3 Å². The molecule has 0 spiro atoms. The number of nitrogens with zero attached hydrogens (tertiary/aromatic N) is 2. The minimum Gasteiger partial charge on any atom is -0.497 e. The zero-order valence-electron chi connectivity index (χ0n) is 13.9. The fourth-order valence-electron chi connectivity index (χ4n) is 2.52. The molecule has 0 saturated carbocycles. The standard InChI is InChI=1S/C19H19N3O3/c1-25-15-8-6-14(7-9-15)12-20-18(23)10-11-22-13-21-17-5-3-2-4-16(17)19(22)24/h2-9,13H,10-12H2,1H3,(H,20,23). The predicted molar refractivity (Wildman–Crippen MR) is 95.5 cm³/mol. The lowest BCUT2D eigenvalue weighted by Gasteiger charge is -2.08. The summed E-state index contributed by atoms with van der Waals surface area (Å²) < 4.78 is 6.57. The molecule has 1 heterocycles. The van der Waals surface area contributed by atoms with Gasteiger partial charge in [0.15, 0.2) is 0 Å². The second kappa shape index (κ2) is 7.61. The topological polar surface area (TPSA) is 73.2 Å². The van der Waals surface area contributed by atoms with Crippen LogP contribution in [0.3, 0.4) is 0 Å². The Hall–Kier alpha value is -3.15. The number of nitrogens with one attached hydrogen (secondary N) is 1. The smallest absolute Gasteiger partial charge is 0.261 e. The molecule has 128 valence electrons. The molecule has 6 nitrogen and oxygen atoms in total. The van der Waals surface area contributed by atoms with Gasteiger partial charge >= 0.3 is 0 Å². The number of amides is 1. The van der Waals surface area contributed by atoms with Gasteiger partial charge in [-0.1, -0.05) is 24.3 Å². The largest absolute Gasteiger partial charge is 0.497 e. The summed E-state index contributed by atoms with van der Waals surface area (Å²) in [5, 5.41) is 3.41. The number of para-hydroxylation sites is 1. The second-order valence-corrected chi connectivity index (χ2v) is 5.64. The Labute approximate surface area is 145 Å². The number of carbonyl (C=O) groups excluding carboxylic acids is 1. The van der Waals surface area contributed by atoms with Crippen molar-refractivity contribution >= 4 is 16.8 Å². The van der Waals surface area contributed by atoms with Crippen LogP contribution in [0, 0.1) is 0 Å². The van der Waals surface area contributed by atoms with Crippen LogP contribution in [0.25, 0.3) is 10.9 Å². The zero-order chi connectivity index (χ0) is 17.6. The molecular weight excluding hydrogens is 318 g/mol. The zero-order valence-corrected chi connectivity index (χ0v) is 13.9. The number of hydrogen-bond acceptors (Lipinski definition) is 4. The van der Waals surface area contributed by atoms with Crippen molar-refractivity contribution in [1.29, 1.82) is 0 Å². The number of benzene rings is 2. The maximum Gasteiger partial charge on any atom is 0.261 e. The molecule has 1 aromatic heterocycles. The Morgan fingerprint density at radius 1 is 1.16 bits per heavy atom. The highest BCUT2D eigenvalue weighted by Crippen LogP contribution is 2.11. The fraction of sp³-hybridized carbons (Fsp3) is 0.211. The molecule has 3 rings (SSSR count). The van der Waals surface area contributed by atoms with Crippen LogP contribution in [0.5, 0.6) is 5.75 Å². The minimum absolute atomic E-state index is 0.115. The first kappa shape index (κ1) is 16.7. The van der Waals surface area contributed by atoms with Gasteiger partial charge in [-0.2, -0.15) is 0 Å². The van der Waals surface area contributed by atoms with E-state index in [1.165, 1.54) is 10.9 Å². The molecule has 6 heteroatoms. The summed E-state index contributed by atoms with van der Waals surface area (Å²) in [6.07, 6.45) is 1.71. The van der Waals surface area contributed by atoms with Crippen molar-refractivity contribution in [3.8, 4) is 5.75 Å². The van der Waals surface area contributed by atoms with Gasteiger partial charge in [-0.05, 0) is 29.8 Å². The number of ether oxygens (including phenoxy) is 1. The van der Waals surface area contributed by atoms with E-state index in [-0.39, 0.29) is 17.9 Å². The molecule has 0 aliphatic heterocycles. The van der Waals surface area contributed by atoms with Crippen molar-refractivity contribution in [2.24, 2.45) is 0 Å². The molecule has 1 N–H and O–H groups in total. The molecule has 2 aromatic carbocycles. The summed E-state index contributed by atoms with van der Waals surface area (Å²) >= 11 is 0. The van der Waals surface area contributed by atoms with Gasteiger partial charge in [0.25, 0.3) is 5.56 Å². The van der Waals surface area contributed by atoms with Gasteiger partial charge < -0.3 is 10.1 Å². The molecule has 1 amide bonds. The third-order valence-electron chi connectivity index (χ3n) is 3.96. The molecular formula is C19H19N3O3. The van der Waals surface area contributed by atoms with Crippen molar-refractivity contribution in [3.63, 3.8) is 0 Å². The summed E-state index contributed by atoms with van der Waals surface area (Å²) in [5.41, 5.74) is 1.51. The van der Waals surface area contributed by atoms with E-state index in [2.05, 4.69) is 10.3 Å². The summed E-state index contributed by atoms with van der Waals surface area (Å²) in [7, 11) is 1.61. The molecule has 0 aliphatic rings. The van der Waals surface area contributed by atoms with Crippen LogP contribution in [0.4, 0.5) is 0 Å². The van der Waals surface area contributed by atoms with Gasteiger partial charge in [0.1, 0.15) is 5.75 Å². The highest BCUT2D eigenvalue weighted by Gasteiger charge is 2.06. The van der Waals surface area contributed by atoms with Crippen LogP contribution >= 0.6 is 0 Å². The number of aryl methyl sites for hydroxylation is 1. The van der Waals surface area contributed by atoms with Crippen LogP contribution in [0.15, 0.2) is 59.7 Å². The summed E-state index contributed by atoms with van der Waals surface area (Å²) in [5.74, 6) is 0.661. The lowest BCUT2D eigenvalue weighted by molar-refractivity contribution is -0.121. The Morgan fingerprint density at radius 3 is 2.68 bits per heavy atom. The SMILES string of the molecule is COc1ccc(CNC(=O)CCn2cnc3ccccc3c2=O)cc1. The van der Waals surface area contributed by atoms with Crippen molar-refractivity contribution in [1.82, 2.24) is 14.9 Å². The van der Waals surface area contributed by atoms with Crippen LogP contribution < -0.4 is 15.6 Å². The number of methoxy groups -OCH3 is 1. The van der Waals surface area contributed by atoms with Crippen LogP contribution in [-0.4, -0.2) is 22.6 Å². The number of aromatic nitrogens is 2. The van der Waals surface area contributed by atoms with Crippen LogP contribution in [0.1, 0.15) is 12.0 Å². The van der Waals surface area contributed by atoms with E-state index in [1.807, 2.05) is 30.3 Å². The molecule has 0 saturated heterocycles. The maximum absolute atomic E-state index is 12.4. The molecule has 0 aliphatic carbocycles. The summed E-state index contributed by atoms with van der Waals surface area (Å²) in [4.78, 5) is 28.6. The van der Waals surface area contributed by atoms with E-state index in [0.717, 1.165) is 11.3 Å². The highest BCUT2D eigenvalue weighted by molar-refractivity contribution is 5.77. The van der Waals surface area contributed by atoms with Crippen molar-refractivity contribution in [2.75, 3.05) is 7.11 Å². The molecule has 0 fully saturated rings.